The van der Waals surface area contributed by atoms with E-state index in [2.05, 4.69) is 48.1 Å². The van der Waals surface area contributed by atoms with Crippen molar-refractivity contribution >= 4 is 39.6 Å². The van der Waals surface area contributed by atoms with E-state index >= 15 is 0 Å². The Hall–Kier alpha value is -0.100. The quantitative estimate of drug-likeness (QED) is 0.766. The topological polar surface area (TPSA) is 6.48 Å². The average Bonchev–Trinajstić information content (AvgIpc) is 2.72. The Morgan fingerprint density at radius 1 is 1.41 bits per heavy atom. The van der Waals surface area contributed by atoms with E-state index < -0.39 is 0 Å². The molecule has 2 rings (SSSR count). The fraction of sp³-hybridized carbons (Fsp3) is 0.583. The summed E-state index contributed by atoms with van der Waals surface area (Å²) >= 11 is 9.01. The third-order valence-electron chi connectivity index (χ3n) is 2.82. The Kier molecular flexibility index (Phi) is 4.13. The first-order valence-corrected chi connectivity index (χ1v) is 7.93. The van der Waals surface area contributed by atoms with Gasteiger partial charge in [-0.2, -0.15) is 0 Å². The fourth-order valence-electron chi connectivity index (χ4n) is 1.64. The first-order valence-electron chi connectivity index (χ1n) is 5.66. The number of rotatable bonds is 2. The highest BCUT2D eigenvalue weighted by atomic mass is 32.2. The van der Waals surface area contributed by atoms with E-state index in [0.29, 0.717) is 0 Å². The highest BCUT2D eigenvalue weighted by Gasteiger charge is 2.29. The van der Waals surface area contributed by atoms with Crippen molar-refractivity contribution in [3.05, 3.63) is 22.4 Å². The molecular formula is C12H18N2S3. The minimum Gasteiger partial charge on any atom is -0.339 e. The van der Waals surface area contributed by atoms with Crippen molar-refractivity contribution in [1.82, 2.24) is 9.80 Å². The molecule has 0 unspecified atom stereocenters. The van der Waals surface area contributed by atoms with Gasteiger partial charge < -0.3 is 4.90 Å². The van der Waals surface area contributed by atoms with Gasteiger partial charge in [0.05, 0.1) is 19.1 Å². The van der Waals surface area contributed by atoms with Crippen molar-refractivity contribution in [3.8, 4) is 0 Å². The van der Waals surface area contributed by atoms with Crippen LogP contribution in [0.5, 0.6) is 0 Å². The van der Waals surface area contributed by atoms with Crippen LogP contribution in [0.15, 0.2) is 17.5 Å². The Morgan fingerprint density at radius 2 is 2.18 bits per heavy atom. The molecule has 1 aromatic heterocycles. The van der Waals surface area contributed by atoms with Crippen molar-refractivity contribution in [2.45, 2.75) is 32.9 Å². The highest BCUT2D eigenvalue weighted by molar-refractivity contribution is 8.22. The Labute approximate surface area is 117 Å². The summed E-state index contributed by atoms with van der Waals surface area (Å²) in [5.74, 6) is 1.00. The molecule has 1 saturated heterocycles. The third-order valence-corrected chi connectivity index (χ3v) is 5.24. The fourth-order valence-corrected chi connectivity index (χ4v) is 3.68. The number of thioether (sulfide) groups is 1. The first kappa shape index (κ1) is 13.3. The molecule has 0 N–H and O–H groups in total. The molecule has 1 fully saturated rings. The molecule has 0 aliphatic carbocycles. The zero-order valence-corrected chi connectivity index (χ0v) is 12.9. The van der Waals surface area contributed by atoms with E-state index in [-0.39, 0.29) is 5.54 Å². The number of thiocarbonyl (C=S) groups is 1. The van der Waals surface area contributed by atoms with E-state index in [9.17, 15) is 0 Å². The third kappa shape index (κ3) is 3.44. The standard InChI is InChI=1S/C12H18N2S3/c1-12(2,3)14-8-13(11(15)17-9-14)7-10-5-4-6-16-10/h4-6H,7-9H2,1-3H3. The maximum absolute atomic E-state index is 5.44. The van der Waals surface area contributed by atoms with Crippen LogP contribution in [-0.4, -0.2) is 32.2 Å². The number of hydrogen-bond donors (Lipinski definition) is 0. The summed E-state index contributed by atoms with van der Waals surface area (Å²) in [6, 6.07) is 4.27. The summed E-state index contributed by atoms with van der Waals surface area (Å²) < 4.78 is 1.03. The average molecular weight is 286 g/mol. The lowest BCUT2D eigenvalue weighted by Gasteiger charge is -2.43. The zero-order valence-electron chi connectivity index (χ0n) is 10.5. The molecule has 0 spiro atoms. The zero-order chi connectivity index (χ0) is 12.5. The van der Waals surface area contributed by atoms with Gasteiger partial charge in [0, 0.05) is 10.4 Å². The SMILES string of the molecule is CC(C)(C)N1CSC(=S)N(Cc2cccs2)C1. The Balaban J connectivity index is 2.03. The van der Waals surface area contributed by atoms with E-state index in [0.717, 1.165) is 23.4 Å². The predicted molar refractivity (Wildman–Crippen MR) is 81.4 cm³/mol. The Bertz CT molecular complexity index is 381. The molecule has 0 saturated carbocycles. The molecule has 0 aromatic carbocycles. The van der Waals surface area contributed by atoms with Crippen LogP contribution in [0.3, 0.4) is 0 Å². The van der Waals surface area contributed by atoms with Crippen molar-refractivity contribution in [3.63, 3.8) is 0 Å². The van der Waals surface area contributed by atoms with Crippen LogP contribution in [-0.2, 0) is 6.54 Å². The summed E-state index contributed by atoms with van der Waals surface area (Å²) in [5.41, 5.74) is 0.205. The van der Waals surface area contributed by atoms with Crippen LogP contribution in [0, 0.1) is 0 Å². The molecule has 0 atom stereocenters. The molecule has 2 nitrogen and oxygen atoms in total. The van der Waals surface area contributed by atoms with Gasteiger partial charge in [-0.1, -0.05) is 30.0 Å². The van der Waals surface area contributed by atoms with Crippen molar-refractivity contribution in [2.75, 3.05) is 12.5 Å². The summed E-state index contributed by atoms with van der Waals surface area (Å²) in [5, 5.41) is 2.12. The second-order valence-corrected chi connectivity index (χ2v) is 7.78. The Morgan fingerprint density at radius 3 is 2.76 bits per heavy atom. The lowest BCUT2D eigenvalue weighted by molar-refractivity contribution is 0.107. The number of hydrogen-bond acceptors (Lipinski definition) is 4. The molecule has 0 bridgehead atoms. The first-order chi connectivity index (χ1) is 7.97. The molecule has 5 heteroatoms. The van der Waals surface area contributed by atoms with Gasteiger partial charge in [0.1, 0.15) is 4.32 Å². The molecule has 94 valence electrons. The van der Waals surface area contributed by atoms with E-state index in [1.54, 1.807) is 23.1 Å². The van der Waals surface area contributed by atoms with E-state index in [4.69, 9.17) is 12.2 Å². The van der Waals surface area contributed by atoms with Crippen LogP contribution >= 0.6 is 35.3 Å². The van der Waals surface area contributed by atoms with Crippen LogP contribution in [0.2, 0.25) is 0 Å². The van der Waals surface area contributed by atoms with Gasteiger partial charge in [-0.3, -0.25) is 4.90 Å². The molecule has 1 aliphatic rings. The number of nitrogens with zero attached hydrogens (tertiary/aromatic N) is 2. The lowest BCUT2D eigenvalue weighted by atomic mass is 10.1. The minimum absolute atomic E-state index is 0.205. The molecule has 1 aromatic rings. The second-order valence-electron chi connectivity index (χ2n) is 5.17. The van der Waals surface area contributed by atoms with Crippen LogP contribution in [0.25, 0.3) is 0 Å². The smallest absolute Gasteiger partial charge is 0.139 e. The summed E-state index contributed by atoms with van der Waals surface area (Å²) in [6.07, 6.45) is 0. The van der Waals surface area contributed by atoms with Crippen LogP contribution in [0.1, 0.15) is 25.6 Å². The van der Waals surface area contributed by atoms with Crippen molar-refractivity contribution in [2.24, 2.45) is 0 Å². The van der Waals surface area contributed by atoms with Gasteiger partial charge in [0.25, 0.3) is 0 Å². The maximum atomic E-state index is 5.44. The summed E-state index contributed by atoms with van der Waals surface area (Å²) in [6.45, 7) is 8.64. The minimum atomic E-state index is 0.205. The van der Waals surface area contributed by atoms with Gasteiger partial charge >= 0.3 is 0 Å². The molecule has 2 heterocycles. The van der Waals surface area contributed by atoms with Crippen LogP contribution in [0.4, 0.5) is 0 Å². The van der Waals surface area contributed by atoms with E-state index in [1.165, 1.54) is 4.88 Å². The van der Waals surface area contributed by atoms with Crippen molar-refractivity contribution in [1.29, 1.82) is 0 Å². The van der Waals surface area contributed by atoms with Gasteiger partial charge in [-0.05, 0) is 32.2 Å². The van der Waals surface area contributed by atoms with Gasteiger partial charge in [-0.15, -0.1) is 11.3 Å². The predicted octanol–water partition coefficient (Wildman–Crippen LogP) is 3.60. The molecule has 0 radical (unpaired) electrons. The van der Waals surface area contributed by atoms with Gasteiger partial charge in [0.15, 0.2) is 0 Å². The lowest BCUT2D eigenvalue weighted by Crippen LogP contribution is -2.51. The van der Waals surface area contributed by atoms with E-state index in [1.807, 2.05) is 0 Å². The van der Waals surface area contributed by atoms with Crippen LogP contribution < -0.4 is 0 Å². The summed E-state index contributed by atoms with van der Waals surface area (Å²) in [7, 11) is 0. The van der Waals surface area contributed by atoms with Gasteiger partial charge in [-0.25, -0.2) is 0 Å². The molecule has 1 aliphatic heterocycles. The normalized spacial score (nSPS) is 18.8. The monoisotopic (exact) mass is 286 g/mol. The summed E-state index contributed by atoms with van der Waals surface area (Å²) in [4.78, 5) is 6.13. The molecule has 0 amide bonds. The highest BCUT2D eigenvalue weighted by Crippen LogP contribution is 2.27. The van der Waals surface area contributed by atoms with Gasteiger partial charge in [0.2, 0.25) is 0 Å². The maximum Gasteiger partial charge on any atom is 0.139 e. The largest absolute Gasteiger partial charge is 0.339 e. The second kappa shape index (κ2) is 5.26. The molecule has 17 heavy (non-hydrogen) atoms. The van der Waals surface area contributed by atoms with Crippen molar-refractivity contribution < 1.29 is 0 Å². The number of thiophene rings is 1. The molecular weight excluding hydrogens is 268 g/mol.